The molecule has 0 saturated heterocycles. The summed E-state index contributed by atoms with van der Waals surface area (Å²) in [6.07, 6.45) is 0.579. The molecule has 0 atom stereocenters. The summed E-state index contributed by atoms with van der Waals surface area (Å²) in [5, 5.41) is 39.9. The molecule has 0 fully saturated rings. The fraction of sp³-hybridized carbons (Fsp3) is 0.300. The average molecular weight is 430 g/mol. The predicted octanol–water partition coefficient (Wildman–Crippen LogP) is -1.83. The van der Waals surface area contributed by atoms with Gasteiger partial charge in [-0.1, -0.05) is 0 Å². The Labute approximate surface area is 174 Å². The number of amides is 1. The number of hydrogen-bond acceptors (Lipinski definition) is 9. The summed E-state index contributed by atoms with van der Waals surface area (Å²) >= 11 is 0. The van der Waals surface area contributed by atoms with E-state index in [1.54, 1.807) is 4.90 Å². The number of aromatic hydroxyl groups is 1. The molecule has 1 amide bonds. The van der Waals surface area contributed by atoms with E-state index in [9.17, 15) is 24.6 Å². The van der Waals surface area contributed by atoms with Crippen LogP contribution < -0.4 is 21.4 Å². The lowest BCUT2D eigenvalue weighted by atomic mass is 10.1. The van der Waals surface area contributed by atoms with Crippen LogP contribution in [0, 0.1) is 0 Å². The van der Waals surface area contributed by atoms with E-state index in [2.05, 4.69) is 15.3 Å². The van der Waals surface area contributed by atoms with E-state index in [0.717, 1.165) is 12.1 Å². The van der Waals surface area contributed by atoms with Gasteiger partial charge in [0.1, 0.15) is 22.3 Å². The highest BCUT2D eigenvalue weighted by molar-refractivity contribution is 6.06. The second kappa shape index (κ2) is 9.51. The molecule has 0 aliphatic carbocycles. The lowest BCUT2D eigenvalue weighted by Crippen LogP contribution is -2.38. The maximum Gasteiger partial charge on any atom is 0.253 e. The van der Waals surface area contributed by atoms with Crippen molar-refractivity contribution in [1.29, 1.82) is 0 Å². The third kappa shape index (κ3) is 4.48. The van der Waals surface area contributed by atoms with Crippen molar-refractivity contribution in [3.05, 3.63) is 49.4 Å². The minimum Gasteiger partial charge on any atom is -0.515 e. The van der Waals surface area contributed by atoms with Crippen LogP contribution in [0.3, 0.4) is 0 Å². The lowest BCUT2D eigenvalue weighted by molar-refractivity contribution is 0.0945. The maximum absolute atomic E-state index is 12.7. The number of aliphatic hydroxyl groups excluding tert-OH is 3. The molecule has 0 spiro atoms. The van der Waals surface area contributed by atoms with Crippen molar-refractivity contribution in [2.24, 2.45) is 0 Å². The van der Waals surface area contributed by atoms with Gasteiger partial charge in [-0.3, -0.25) is 19.3 Å². The number of fused-ring (bicyclic) bond motifs is 2. The van der Waals surface area contributed by atoms with Crippen LogP contribution in [0.2, 0.25) is 0 Å². The summed E-state index contributed by atoms with van der Waals surface area (Å²) in [6, 6.07) is 3.37. The summed E-state index contributed by atoms with van der Waals surface area (Å²) in [5.74, 6) is -1.01. The highest BCUT2D eigenvalue weighted by atomic mass is 16.3. The number of phenolic OH excluding ortho intramolecular Hbond substituents is 1. The minimum absolute atomic E-state index is 0.0479. The average Bonchev–Trinajstić information content (AvgIpc) is 2.74. The van der Waals surface area contributed by atoms with E-state index in [1.807, 2.05) is 0 Å². The number of nitrogens with one attached hydrogen (secondary N) is 2. The summed E-state index contributed by atoms with van der Waals surface area (Å²) < 4.78 is 0. The van der Waals surface area contributed by atoms with Gasteiger partial charge < -0.3 is 30.7 Å². The van der Waals surface area contributed by atoms with Gasteiger partial charge in [0.25, 0.3) is 5.91 Å². The normalized spacial score (nSPS) is 12.2. The molecule has 0 aliphatic rings. The second-order valence-corrected chi connectivity index (χ2v) is 6.78. The third-order valence-electron chi connectivity index (χ3n) is 4.82. The topological polar surface area (TPSA) is 176 Å². The fourth-order valence-electron chi connectivity index (χ4n) is 3.29. The molecule has 1 heterocycles. The summed E-state index contributed by atoms with van der Waals surface area (Å²) in [4.78, 5) is 46.0. The van der Waals surface area contributed by atoms with Crippen molar-refractivity contribution in [3.63, 3.8) is 0 Å². The van der Waals surface area contributed by atoms with Crippen LogP contribution in [0.4, 0.5) is 0 Å². The van der Waals surface area contributed by atoms with E-state index in [4.69, 9.17) is 10.2 Å². The standard InChI is InChI=1S/C20H22N4O7/c25-7-5-24(6-8-26)4-3-21-20(31)11-1-2-13(28)18-16(11)22-19-15(30)9-14(29)12(10-27)17(19)23-18/h1-2,9-10,22,25-27,29H,3-8H2,(H,21,31). The maximum atomic E-state index is 12.7. The van der Waals surface area contributed by atoms with Crippen molar-refractivity contribution in [3.8, 4) is 5.75 Å². The van der Waals surface area contributed by atoms with E-state index in [0.29, 0.717) is 25.9 Å². The van der Waals surface area contributed by atoms with Gasteiger partial charge in [-0.25, -0.2) is 4.98 Å². The molecule has 0 radical (unpaired) electrons. The minimum atomic E-state index is -0.626. The Hall–Kier alpha value is -3.54. The Morgan fingerprint density at radius 1 is 1.06 bits per heavy atom. The molecule has 11 nitrogen and oxygen atoms in total. The van der Waals surface area contributed by atoms with Crippen LogP contribution in [0.15, 0.2) is 27.8 Å². The number of carbonyl (C=O) groups excluding carboxylic acids is 1. The van der Waals surface area contributed by atoms with Gasteiger partial charge >= 0.3 is 0 Å². The number of hydrogen-bond donors (Lipinski definition) is 6. The first-order valence-electron chi connectivity index (χ1n) is 9.50. The molecule has 3 aromatic rings. The second-order valence-electron chi connectivity index (χ2n) is 6.78. The largest absolute Gasteiger partial charge is 0.515 e. The fourth-order valence-corrected chi connectivity index (χ4v) is 3.29. The number of rotatable bonds is 8. The first-order chi connectivity index (χ1) is 14.9. The highest BCUT2D eigenvalue weighted by Gasteiger charge is 2.17. The number of aromatic amines is 1. The van der Waals surface area contributed by atoms with Crippen molar-refractivity contribution in [1.82, 2.24) is 20.2 Å². The van der Waals surface area contributed by atoms with Crippen LogP contribution >= 0.6 is 0 Å². The number of benzene rings is 2. The van der Waals surface area contributed by atoms with Crippen LogP contribution in [-0.4, -0.2) is 80.6 Å². The van der Waals surface area contributed by atoms with E-state index in [1.165, 1.54) is 6.07 Å². The summed E-state index contributed by atoms with van der Waals surface area (Å²) in [5.41, 5.74) is -1.31. The molecule has 11 heteroatoms. The first kappa shape index (κ1) is 22.2. The molecule has 6 N–H and O–H groups in total. The number of aliphatic hydroxyl groups is 3. The molecule has 0 aliphatic heterocycles. The Morgan fingerprint density at radius 3 is 2.42 bits per heavy atom. The number of aromatic nitrogens is 2. The SMILES string of the molecule is O=C(NCCN(CCO)CCO)c1ccc(=O)c2nc3c(=CO)c(O)cc(=O)c3[nH]c12. The molecule has 31 heavy (non-hydrogen) atoms. The monoisotopic (exact) mass is 430 g/mol. The van der Waals surface area contributed by atoms with Gasteiger partial charge in [-0.15, -0.1) is 0 Å². The Balaban J connectivity index is 2.01. The summed E-state index contributed by atoms with van der Waals surface area (Å²) in [6.45, 7) is 1.11. The van der Waals surface area contributed by atoms with Gasteiger partial charge in [0, 0.05) is 32.2 Å². The number of H-pyrrole nitrogens is 1. The van der Waals surface area contributed by atoms with Crippen molar-refractivity contribution >= 4 is 34.2 Å². The number of nitrogens with zero attached hydrogens (tertiary/aromatic N) is 2. The van der Waals surface area contributed by atoms with Crippen LogP contribution in [-0.2, 0) is 0 Å². The van der Waals surface area contributed by atoms with Gasteiger partial charge in [-0.05, 0) is 12.1 Å². The molecule has 0 bridgehead atoms. The number of carbonyl (C=O) groups is 1. The van der Waals surface area contributed by atoms with E-state index in [-0.39, 0.29) is 52.6 Å². The molecule has 3 rings (SSSR count). The Bertz CT molecular complexity index is 1280. The first-order valence-corrected chi connectivity index (χ1v) is 9.50. The zero-order chi connectivity index (χ0) is 22.5. The van der Waals surface area contributed by atoms with Crippen molar-refractivity contribution < 1.29 is 25.2 Å². The Kier molecular flexibility index (Phi) is 6.80. The molecule has 2 aromatic carbocycles. The predicted molar refractivity (Wildman–Crippen MR) is 113 cm³/mol. The molecule has 0 unspecified atom stereocenters. The highest BCUT2D eigenvalue weighted by Crippen LogP contribution is 2.15. The van der Waals surface area contributed by atoms with E-state index < -0.39 is 22.5 Å². The van der Waals surface area contributed by atoms with Crippen molar-refractivity contribution in [2.45, 2.75) is 0 Å². The summed E-state index contributed by atoms with van der Waals surface area (Å²) in [7, 11) is 0. The van der Waals surface area contributed by atoms with Crippen LogP contribution in [0.5, 0.6) is 5.75 Å². The van der Waals surface area contributed by atoms with Gasteiger partial charge in [0.15, 0.2) is 0 Å². The lowest BCUT2D eigenvalue weighted by Gasteiger charge is -2.20. The van der Waals surface area contributed by atoms with Gasteiger partial charge in [0.2, 0.25) is 10.9 Å². The number of phenols is 1. The molecule has 1 aromatic heterocycles. The smallest absolute Gasteiger partial charge is 0.253 e. The third-order valence-corrected chi connectivity index (χ3v) is 4.82. The van der Waals surface area contributed by atoms with E-state index >= 15 is 0 Å². The molecular formula is C20H22N4O7. The Morgan fingerprint density at radius 2 is 1.77 bits per heavy atom. The zero-order valence-corrected chi connectivity index (χ0v) is 16.5. The molecular weight excluding hydrogens is 408 g/mol. The van der Waals surface area contributed by atoms with Crippen molar-refractivity contribution in [2.75, 3.05) is 39.4 Å². The van der Waals surface area contributed by atoms with Gasteiger partial charge in [0.05, 0.1) is 35.8 Å². The quantitative estimate of drug-likeness (QED) is 0.225. The molecule has 164 valence electrons. The zero-order valence-electron chi connectivity index (χ0n) is 16.5. The van der Waals surface area contributed by atoms with Crippen LogP contribution in [0.1, 0.15) is 10.4 Å². The molecule has 0 saturated carbocycles. The van der Waals surface area contributed by atoms with Crippen LogP contribution in [0.25, 0.3) is 28.3 Å². The van der Waals surface area contributed by atoms with Gasteiger partial charge in [-0.2, -0.15) is 0 Å².